The molecule has 124 valence electrons. The lowest BCUT2D eigenvalue weighted by Crippen LogP contribution is -2.19. The number of nitrogens with zero attached hydrogens (tertiary/aromatic N) is 2. The zero-order valence-electron chi connectivity index (χ0n) is 13.4. The highest BCUT2D eigenvalue weighted by molar-refractivity contribution is 6.30. The summed E-state index contributed by atoms with van der Waals surface area (Å²) in [5.41, 5.74) is 3.54. The van der Waals surface area contributed by atoms with E-state index in [0.29, 0.717) is 17.0 Å². The Hall–Kier alpha value is -2.65. The molecule has 2 nitrogen and oxygen atoms in total. The predicted octanol–water partition coefficient (Wildman–Crippen LogP) is 5.83. The summed E-state index contributed by atoms with van der Waals surface area (Å²) in [7, 11) is 0. The lowest BCUT2D eigenvalue weighted by atomic mass is 9.98. The van der Waals surface area contributed by atoms with Crippen molar-refractivity contribution in [1.29, 1.82) is 0 Å². The van der Waals surface area contributed by atoms with Gasteiger partial charge < -0.3 is 0 Å². The zero-order chi connectivity index (χ0) is 17.2. The van der Waals surface area contributed by atoms with Gasteiger partial charge in [-0.25, -0.2) is 4.39 Å². The van der Waals surface area contributed by atoms with Gasteiger partial charge in [-0.3, -0.25) is 5.01 Å². The second-order valence-corrected chi connectivity index (χ2v) is 6.41. The molecule has 0 N–H and O–H groups in total. The maximum absolute atomic E-state index is 14.4. The molecule has 0 radical (unpaired) electrons. The molecule has 4 rings (SSSR count). The third kappa shape index (κ3) is 3.15. The van der Waals surface area contributed by atoms with Crippen molar-refractivity contribution >= 4 is 23.0 Å². The number of anilines is 1. The molecule has 0 unspecified atom stereocenters. The highest BCUT2D eigenvalue weighted by Crippen LogP contribution is 2.37. The van der Waals surface area contributed by atoms with Crippen molar-refractivity contribution in [2.24, 2.45) is 5.10 Å². The lowest BCUT2D eigenvalue weighted by molar-refractivity contribution is 0.579. The summed E-state index contributed by atoms with van der Waals surface area (Å²) in [5, 5.41) is 7.35. The summed E-state index contributed by atoms with van der Waals surface area (Å²) in [4.78, 5) is 0. The minimum absolute atomic E-state index is 0.183. The minimum atomic E-state index is -0.212. The van der Waals surface area contributed by atoms with Gasteiger partial charge in [0, 0.05) is 17.0 Å². The highest BCUT2D eigenvalue weighted by Gasteiger charge is 2.31. The van der Waals surface area contributed by atoms with Crippen LogP contribution in [0.3, 0.4) is 0 Å². The van der Waals surface area contributed by atoms with Crippen LogP contribution in [-0.2, 0) is 0 Å². The van der Waals surface area contributed by atoms with Crippen LogP contribution in [0.4, 0.5) is 10.1 Å². The monoisotopic (exact) mass is 350 g/mol. The molecule has 0 saturated carbocycles. The van der Waals surface area contributed by atoms with Gasteiger partial charge in [0.15, 0.2) is 0 Å². The quantitative estimate of drug-likeness (QED) is 0.579. The van der Waals surface area contributed by atoms with E-state index < -0.39 is 0 Å². The summed E-state index contributed by atoms with van der Waals surface area (Å²) in [6, 6.07) is 24.2. The van der Waals surface area contributed by atoms with Crippen LogP contribution in [-0.4, -0.2) is 5.71 Å². The van der Waals surface area contributed by atoms with Gasteiger partial charge in [0.2, 0.25) is 0 Å². The first-order valence-electron chi connectivity index (χ1n) is 8.14. The molecule has 1 aliphatic heterocycles. The number of benzene rings is 3. The molecule has 1 aliphatic rings. The molecular weight excluding hydrogens is 335 g/mol. The predicted molar refractivity (Wildman–Crippen MR) is 101 cm³/mol. The minimum Gasteiger partial charge on any atom is -0.257 e. The van der Waals surface area contributed by atoms with Crippen molar-refractivity contribution in [3.63, 3.8) is 0 Å². The van der Waals surface area contributed by atoms with Crippen molar-refractivity contribution in [3.05, 3.63) is 101 Å². The summed E-state index contributed by atoms with van der Waals surface area (Å²) in [6.45, 7) is 0. The second kappa shape index (κ2) is 6.69. The van der Waals surface area contributed by atoms with Crippen molar-refractivity contribution in [2.75, 3.05) is 5.01 Å². The van der Waals surface area contributed by atoms with Gasteiger partial charge >= 0.3 is 0 Å². The zero-order valence-corrected chi connectivity index (χ0v) is 14.2. The van der Waals surface area contributed by atoms with Gasteiger partial charge in [0.1, 0.15) is 5.82 Å². The maximum atomic E-state index is 14.4. The van der Waals surface area contributed by atoms with Gasteiger partial charge in [-0.1, -0.05) is 60.1 Å². The Morgan fingerprint density at radius 2 is 1.56 bits per heavy atom. The summed E-state index contributed by atoms with van der Waals surface area (Å²) < 4.78 is 14.4. The number of halogens is 2. The fourth-order valence-electron chi connectivity index (χ4n) is 3.13. The lowest BCUT2D eigenvalue weighted by Gasteiger charge is -2.24. The Kier molecular flexibility index (Phi) is 4.24. The largest absolute Gasteiger partial charge is 0.257 e. The normalized spacial score (nSPS) is 16.8. The van der Waals surface area contributed by atoms with E-state index in [1.54, 1.807) is 6.07 Å². The Labute approximate surface area is 151 Å². The molecule has 4 heteroatoms. The van der Waals surface area contributed by atoms with Crippen LogP contribution < -0.4 is 5.01 Å². The van der Waals surface area contributed by atoms with E-state index in [9.17, 15) is 4.39 Å². The van der Waals surface area contributed by atoms with E-state index in [0.717, 1.165) is 17.0 Å². The van der Waals surface area contributed by atoms with Crippen LogP contribution in [0.1, 0.15) is 23.6 Å². The van der Waals surface area contributed by atoms with Gasteiger partial charge in [0.05, 0.1) is 17.4 Å². The highest BCUT2D eigenvalue weighted by atomic mass is 35.5. The Bertz CT molecular complexity index is 907. The van der Waals surface area contributed by atoms with Crippen molar-refractivity contribution in [2.45, 2.75) is 12.5 Å². The average Bonchev–Trinajstić information content (AvgIpc) is 3.09. The Morgan fingerprint density at radius 3 is 2.28 bits per heavy atom. The van der Waals surface area contributed by atoms with E-state index in [4.69, 9.17) is 16.7 Å². The van der Waals surface area contributed by atoms with Crippen LogP contribution in [0.15, 0.2) is 84.0 Å². The molecule has 0 aliphatic carbocycles. The van der Waals surface area contributed by atoms with Gasteiger partial charge in [0.25, 0.3) is 0 Å². The second-order valence-electron chi connectivity index (χ2n) is 5.98. The molecule has 1 heterocycles. The van der Waals surface area contributed by atoms with Crippen LogP contribution in [0.5, 0.6) is 0 Å². The number of hydrogen-bond acceptors (Lipinski definition) is 2. The summed E-state index contributed by atoms with van der Waals surface area (Å²) in [6.07, 6.45) is 0.646. The topological polar surface area (TPSA) is 15.6 Å². The first-order chi connectivity index (χ1) is 12.2. The molecule has 3 aromatic carbocycles. The maximum Gasteiger partial charge on any atom is 0.128 e. The smallest absolute Gasteiger partial charge is 0.128 e. The summed E-state index contributed by atoms with van der Waals surface area (Å²) >= 11 is 6.01. The van der Waals surface area contributed by atoms with Crippen molar-refractivity contribution < 1.29 is 4.39 Å². The fourth-order valence-corrected chi connectivity index (χ4v) is 3.26. The molecule has 1 atom stereocenters. The molecular formula is C21H16ClFN2. The van der Waals surface area contributed by atoms with Crippen LogP contribution >= 0.6 is 11.6 Å². The number of rotatable bonds is 3. The van der Waals surface area contributed by atoms with Crippen LogP contribution in [0.25, 0.3) is 0 Å². The molecule has 25 heavy (non-hydrogen) atoms. The van der Waals surface area contributed by atoms with E-state index in [-0.39, 0.29) is 11.9 Å². The Morgan fingerprint density at radius 1 is 0.880 bits per heavy atom. The fraction of sp³-hybridized carbons (Fsp3) is 0.0952. The third-order valence-corrected chi connectivity index (χ3v) is 4.62. The molecule has 0 saturated heterocycles. The molecule has 3 aromatic rings. The van der Waals surface area contributed by atoms with E-state index in [1.807, 2.05) is 71.7 Å². The first-order valence-corrected chi connectivity index (χ1v) is 8.52. The standard InChI is InChI=1S/C21H16ClFN2/c22-16-10-12-17(13-11-16)25-21(18-8-4-5-9-19(18)23)14-20(24-25)15-6-2-1-3-7-15/h1-13,21H,14H2/t21-/m0/s1. The molecule has 0 amide bonds. The molecule has 0 aromatic heterocycles. The van der Waals surface area contributed by atoms with E-state index in [1.165, 1.54) is 6.07 Å². The Balaban J connectivity index is 1.78. The van der Waals surface area contributed by atoms with E-state index in [2.05, 4.69) is 0 Å². The SMILES string of the molecule is Fc1ccccc1[C@@H]1CC(c2ccccc2)=NN1c1ccc(Cl)cc1. The summed E-state index contributed by atoms with van der Waals surface area (Å²) in [5.74, 6) is -0.212. The first kappa shape index (κ1) is 15.9. The van der Waals surface area contributed by atoms with Crippen LogP contribution in [0, 0.1) is 5.82 Å². The van der Waals surface area contributed by atoms with Crippen LogP contribution in [0.2, 0.25) is 5.02 Å². The average molecular weight is 351 g/mol. The van der Waals surface area contributed by atoms with Gasteiger partial charge in [-0.15, -0.1) is 0 Å². The van der Waals surface area contributed by atoms with Crippen molar-refractivity contribution in [1.82, 2.24) is 0 Å². The number of hydrogen-bond donors (Lipinski definition) is 0. The van der Waals surface area contributed by atoms with Gasteiger partial charge in [-0.2, -0.15) is 5.10 Å². The third-order valence-electron chi connectivity index (χ3n) is 4.37. The molecule has 0 spiro atoms. The van der Waals surface area contributed by atoms with E-state index >= 15 is 0 Å². The molecule has 0 bridgehead atoms. The van der Waals surface area contributed by atoms with Gasteiger partial charge in [-0.05, 0) is 35.9 Å². The molecule has 0 fully saturated rings. The number of hydrazone groups is 1. The van der Waals surface area contributed by atoms with Crippen molar-refractivity contribution in [3.8, 4) is 0 Å².